The van der Waals surface area contributed by atoms with Gasteiger partial charge in [0.25, 0.3) is 0 Å². The molecule has 1 atom stereocenters. The molecule has 0 radical (unpaired) electrons. The second-order valence-electron chi connectivity index (χ2n) is 15.4. The Labute approximate surface area is 313 Å². The highest BCUT2D eigenvalue weighted by Crippen LogP contribution is 2.42. The van der Waals surface area contributed by atoms with Gasteiger partial charge in [-0.3, -0.25) is 14.6 Å². The third-order valence-corrected chi connectivity index (χ3v) is 11.5. The number of benzene rings is 4. The van der Waals surface area contributed by atoms with Gasteiger partial charge in [0.05, 0.1) is 0 Å². The van der Waals surface area contributed by atoms with Gasteiger partial charge in [0.15, 0.2) is 0 Å². The number of fused-ring (bicyclic) bond motifs is 1. The van der Waals surface area contributed by atoms with Crippen molar-refractivity contribution in [3.8, 4) is 21.9 Å². The van der Waals surface area contributed by atoms with Crippen molar-refractivity contribution in [1.82, 2.24) is 9.80 Å². The summed E-state index contributed by atoms with van der Waals surface area (Å²) >= 11 is 1.83. The van der Waals surface area contributed by atoms with Crippen LogP contribution < -0.4 is 9.47 Å². The van der Waals surface area contributed by atoms with Crippen LogP contribution >= 0.6 is 11.3 Å². The summed E-state index contributed by atoms with van der Waals surface area (Å²) in [4.78, 5) is 19.0. The summed E-state index contributed by atoms with van der Waals surface area (Å²) < 4.78 is 19.4. The minimum atomic E-state index is -0.479. The van der Waals surface area contributed by atoms with E-state index in [1.54, 1.807) is 0 Å². The van der Waals surface area contributed by atoms with Crippen LogP contribution in [0.2, 0.25) is 0 Å². The van der Waals surface area contributed by atoms with E-state index < -0.39 is 5.60 Å². The molecule has 0 amide bonds. The number of aryl methyl sites for hydroxylation is 1. The van der Waals surface area contributed by atoms with Gasteiger partial charge in [0, 0.05) is 22.7 Å². The molecule has 272 valence electrons. The molecular formula is C45H52N2O4S. The second kappa shape index (κ2) is 16.2. The van der Waals surface area contributed by atoms with Crippen LogP contribution in [0.1, 0.15) is 74.3 Å². The van der Waals surface area contributed by atoms with E-state index in [1.807, 2.05) is 50.3 Å². The number of hydrogen-bond donors (Lipinski definition) is 0. The average molecular weight is 717 g/mol. The Hall–Kier alpha value is -4.17. The quantitative estimate of drug-likeness (QED) is 0.113. The molecule has 0 saturated carbocycles. The molecule has 6 nitrogen and oxygen atoms in total. The van der Waals surface area contributed by atoms with Crippen LogP contribution in [0.5, 0.6) is 11.5 Å². The zero-order valence-electron chi connectivity index (χ0n) is 31.2. The molecule has 7 heteroatoms. The van der Waals surface area contributed by atoms with Crippen LogP contribution in [0, 0.1) is 6.92 Å². The van der Waals surface area contributed by atoms with Gasteiger partial charge in [-0.2, -0.15) is 0 Å². The van der Waals surface area contributed by atoms with E-state index in [4.69, 9.17) is 14.2 Å². The number of hydrogen-bond acceptors (Lipinski definition) is 7. The van der Waals surface area contributed by atoms with E-state index in [2.05, 4.69) is 89.5 Å². The Balaban J connectivity index is 1.11. The number of esters is 1. The predicted molar refractivity (Wildman–Crippen MR) is 212 cm³/mol. The largest absolute Gasteiger partial charge is 0.492 e. The Morgan fingerprint density at radius 2 is 1.60 bits per heavy atom. The number of likely N-dealkylation sites (tertiary alicyclic amines) is 2. The van der Waals surface area contributed by atoms with Crippen molar-refractivity contribution in [1.29, 1.82) is 0 Å². The van der Waals surface area contributed by atoms with Gasteiger partial charge in [0.1, 0.15) is 36.4 Å². The molecule has 7 rings (SSSR count). The molecule has 1 unspecified atom stereocenters. The molecule has 3 heterocycles. The molecule has 1 aromatic heterocycles. The highest BCUT2D eigenvalue weighted by molar-refractivity contribution is 7.22. The number of thiophene rings is 1. The van der Waals surface area contributed by atoms with Crippen molar-refractivity contribution in [2.24, 2.45) is 0 Å². The SMILES string of the molecule is Cc1cc(Cc2c(-c3ccc(OCCN4CCCC4)cc3)sc3cc(OCc4ccccc4)ccc23)ccc1CN1CCCC1C(=O)OC(C)(C)C. The number of carbonyl (C=O) groups excluding carboxylic acids is 1. The van der Waals surface area contributed by atoms with Gasteiger partial charge in [-0.25, -0.2) is 0 Å². The molecule has 2 aliphatic rings. The zero-order chi connectivity index (χ0) is 36.1. The van der Waals surface area contributed by atoms with Crippen LogP contribution in [-0.4, -0.2) is 60.2 Å². The maximum atomic E-state index is 13.0. The molecule has 2 fully saturated rings. The van der Waals surface area contributed by atoms with E-state index in [9.17, 15) is 4.79 Å². The minimum Gasteiger partial charge on any atom is -0.492 e. The molecule has 52 heavy (non-hydrogen) atoms. The van der Waals surface area contributed by atoms with Gasteiger partial charge in [-0.15, -0.1) is 11.3 Å². The van der Waals surface area contributed by atoms with Crippen LogP contribution in [0.15, 0.2) is 91.0 Å². The third kappa shape index (κ3) is 9.06. The first kappa shape index (κ1) is 36.2. The summed E-state index contributed by atoms with van der Waals surface area (Å²) in [6.45, 7) is 14.3. The minimum absolute atomic E-state index is 0.105. The van der Waals surface area contributed by atoms with Crippen LogP contribution in [0.25, 0.3) is 20.5 Å². The van der Waals surface area contributed by atoms with E-state index in [-0.39, 0.29) is 12.0 Å². The number of ether oxygens (including phenoxy) is 3. The number of nitrogens with zero attached hydrogens (tertiary/aromatic N) is 2. The monoisotopic (exact) mass is 716 g/mol. The molecule has 5 aromatic rings. The summed E-state index contributed by atoms with van der Waals surface area (Å²) in [6, 6.07) is 32.2. The fourth-order valence-corrected chi connectivity index (χ4v) is 8.75. The molecule has 0 N–H and O–H groups in total. The van der Waals surface area contributed by atoms with Crippen molar-refractivity contribution >= 4 is 27.4 Å². The molecule has 2 aliphatic heterocycles. The Morgan fingerprint density at radius 3 is 2.35 bits per heavy atom. The molecular weight excluding hydrogens is 665 g/mol. The first-order chi connectivity index (χ1) is 25.2. The van der Waals surface area contributed by atoms with E-state index >= 15 is 0 Å². The molecule has 0 bridgehead atoms. The normalized spacial score (nSPS) is 16.8. The highest BCUT2D eigenvalue weighted by Gasteiger charge is 2.34. The lowest BCUT2D eigenvalue weighted by Crippen LogP contribution is -2.40. The van der Waals surface area contributed by atoms with E-state index in [0.717, 1.165) is 56.0 Å². The second-order valence-corrected chi connectivity index (χ2v) is 16.4. The van der Waals surface area contributed by atoms with Gasteiger partial charge in [-0.05, 0) is 161 Å². The first-order valence-electron chi connectivity index (χ1n) is 18.9. The van der Waals surface area contributed by atoms with Crippen molar-refractivity contribution in [2.75, 3.05) is 32.8 Å². The van der Waals surface area contributed by atoms with Crippen LogP contribution in [0.4, 0.5) is 0 Å². The maximum absolute atomic E-state index is 13.0. The standard InChI is InChI=1S/C45H52N2O4S/c1-32-27-34(14-15-36(32)30-47-24-10-13-41(47)44(48)51-45(2,3)4)28-40-39-21-20-38(50-31-33-11-6-5-7-12-33)29-42(39)52-43(40)35-16-18-37(19-17-35)49-26-25-46-22-8-9-23-46/h5-7,11-12,14-21,27,29,41H,8-10,13,22-26,28,30-31H2,1-4H3. The fourth-order valence-electron chi connectivity index (χ4n) is 7.49. The summed E-state index contributed by atoms with van der Waals surface area (Å²) in [5, 5.41) is 1.26. The van der Waals surface area contributed by atoms with Gasteiger partial charge in [0.2, 0.25) is 0 Å². The summed E-state index contributed by atoms with van der Waals surface area (Å²) in [7, 11) is 0. The topological polar surface area (TPSA) is 51.2 Å². The predicted octanol–water partition coefficient (Wildman–Crippen LogP) is 9.83. The average Bonchev–Trinajstić information content (AvgIpc) is 3.90. The number of carbonyl (C=O) groups is 1. The highest BCUT2D eigenvalue weighted by atomic mass is 32.1. The Kier molecular flexibility index (Phi) is 11.3. The van der Waals surface area contributed by atoms with Gasteiger partial charge >= 0.3 is 5.97 Å². The summed E-state index contributed by atoms with van der Waals surface area (Å²) in [5.74, 6) is 1.69. The summed E-state index contributed by atoms with van der Waals surface area (Å²) in [5.41, 5.74) is 6.99. The van der Waals surface area contributed by atoms with E-state index in [1.165, 1.54) is 68.7 Å². The van der Waals surface area contributed by atoms with Crippen LogP contribution in [0.3, 0.4) is 0 Å². The molecule has 0 aliphatic carbocycles. The lowest BCUT2D eigenvalue weighted by Gasteiger charge is -2.27. The zero-order valence-corrected chi connectivity index (χ0v) is 32.0. The lowest BCUT2D eigenvalue weighted by molar-refractivity contribution is -0.160. The fraction of sp³-hybridized carbons (Fsp3) is 0.400. The van der Waals surface area contributed by atoms with E-state index in [0.29, 0.717) is 13.2 Å². The van der Waals surface area contributed by atoms with Crippen molar-refractivity contribution in [2.45, 2.75) is 84.6 Å². The molecule has 2 saturated heterocycles. The maximum Gasteiger partial charge on any atom is 0.323 e. The van der Waals surface area contributed by atoms with Crippen molar-refractivity contribution < 1.29 is 19.0 Å². The summed E-state index contributed by atoms with van der Waals surface area (Å²) in [6.07, 6.45) is 5.28. The van der Waals surface area contributed by atoms with Crippen molar-refractivity contribution in [3.63, 3.8) is 0 Å². The van der Waals surface area contributed by atoms with Crippen molar-refractivity contribution in [3.05, 3.63) is 119 Å². The number of rotatable bonds is 13. The molecule has 4 aromatic carbocycles. The van der Waals surface area contributed by atoms with Gasteiger partial charge in [-0.1, -0.05) is 48.5 Å². The van der Waals surface area contributed by atoms with Gasteiger partial charge < -0.3 is 14.2 Å². The molecule has 0 spiro atoms. The smallest absolute Gasteiger partial charge is 0.323 e. The lowest BCUT2D eigenvalue weighted by atomic mass is 9.96. The first-order valence-corrected chi connectivity index (χ1v) is 19.7. The van der Waals surface area contributed by atoms with Crippen LogP contribution in [-0.2, 0) is 29.1 Å². The Bertz CT molecular complexity index is 1960. The third-order valence-electron chi connectivity index (χ3n) is 10.2. The Morgan fingerprint density at radius 1 is 0.827 bits per heavy atom.